The van der Waals surface area contributed by atoms with Crippen LogP contribution in [0.25, 0.3) is 11.3 Å². The third kappa shape index (κ3) is 2.70. The normalized spacial score (nSPS) is 10.2. The van der Waals surface area contributed by atoms with Crippen LogP contribution < -0.4 is 21.3 Å². The maximum Gasteiger partial charge on any atom is 0.252 e. The first-order chi connectivity index (χ1) is 9.97. The number of nitrogens with zero attached hydrogens (tertiary/aromatic N) is 1. The molecule has 8 heteroatoms. The van der Waals surface area contributed by atoms with Gasteiger partial charge in [-0.15, -0.1) is 0 Å². The number of aromatic nitrogens is 1. The number of methoxy groups -OCH3 is 1. The first kappa shape index (κ1) is 14.5. The van der Waals surface area contributed by atoms with Gasteiger partial charge in [0.05, 0.1) is 12.7 Å². The Morgan fingerprint density at radius 3 is 2.71 bits per heavy atom. The number of rotatable bonds is 5. The van der Waals surface area contributed by atoms with Crippen LogP contribution in [0.3, 0.4) is 0 Å². The number of benzene rings is 1. The molecular formula is C13H13FN4O3. The van der Waals surface area contributed by atoms with E-state index in [4.69, 9.17) is 16.3 Å². The molecule has 1 heterocycles. The molecule has 0 radical (unpaired) electrons. The van der Waals surface area contributed by atoms with E-state index in [1.807, 2.05) is 0 Å². The highest BCUT2D eigenvalue weighted by Crippen LogP contribution is 2.29. The second kappa shape index (κ2) is 5.63. The average molecular weight is 292 g/mol. The van der Waals surface area contributed by atoms with E-state index in [0.29, 0.717) is 22.7 Å². The van der Waals surface area contributed by atoms with E-state index in [1.165, 1.54) is 31.4 Å². The minimum atomic E-state index is -0.751. The van der Waals surface area contributed by atoms with Gasteiger partial charge in [0.1, 0.15) is 5.82 Å². The van der Waals surface area contributed by atoms with Gasteiger partial charge in [0, 0.05) is 11.3 Å². The van der Waals surface area contributed by atoms with Gasteiger partial charge in [-0.25, -0.2) is 15.2 Å². The van der Waals surface area contributed by atoms with Crippen LogP contribution in [0.5, 0.6) is 5.75 Å². The predicted octanol–water partition coefficient (Wildman–Crippen LogP) is 0.765. The number of hydrogen-bond donors (Lipinski definition) is 3. The number of nitrogens with two attached hydrogens (primary N) is 2. The highest BCUT2D eigenvalue weighted by atomic mass is 19.1. The zero-order valence-electron chi connectivity index (χ0n) is 11.1. The highest BCUT2D eigenvalue weighted by Gasteiger charge is 2.18. The zero-order valence-corrected chi connectivity index (χ0v) is 11.1. The molecular weight excluding hydrogens is 279 g/mol. The Hall–Kier alpha value is -2.87. The number of halogens is 1. The number of anilines is 1. The fraction of sp³-hybridized carbons (Fsp3) is 0.0769. The lowest BCUT2D eigenvalue weighted by molar-refractivity contribution is -0.107. The minimum Gasteiger partial charge on any atom is -0.494 e. The standard InChI is InChI=1S/C13H13FN4O3/c1-21-11-4-7(2-3-9(11)14)10-5-8(12(15)20)13(17-10)18(16)6-19/h2-6,17H,16H2,1H3,(H2,15,20). The molecule has 0 atom stereocenters. The van der Waals surface area contributed by atoms with Crippen LogP contribution in [0.2, 0.25) is 0 Å². The summed E-state index contributed by atoms with van der Waals surface area (Å²) in [6.45, 7) is 0. The van der Waals surface area contributed by atoms with E-state index in [-0.39, 0.29) is 17.1 Å². The van der Waals surface area contributed by atoms with Crippen molar-refractivity contribution in [3.05, 3.63) is 35.6 Å². The van der Waals surface area contributed by atoms with Crippen LogP contribution in [0.15, 0.2) is 24.3 Å². The van der Waals surface area contributed by atoms with Crippen molar-refractivity contribution in [1.82, 2.24) is 4.98 Å². The summed E-state index contributed by atoms with van der Waals surface area (Å²) in [6.07, 6.45) is 0.327. The number of nitrogens with one attached hydrogen (secondary N) is 1. The lowest BCUT2D eigenvalue weighted by atomic mass is 10.1. The van der Waals surface area contributed by atoms with Crippen molar-refractivity contribution in [2.45, 2.75) is 0 Å². The number of primary amides is 1. The predicted molar refractivity (Wildman–Crippen MR) is 74.0 cm³/mol. The second-order valence-corrected chi connectivity index (χ2v) is 4.17. The Kier molecular flexibility index (Phi) is 3.90. The molecule has 1 aromatic heterocycles. The summed E-state index contributed by atoms with van der Waals surface area (Å²) in [5.41, 5.74) is 6.26. The number of H-pyrrole nitrogens is 1. The summed E-state index contributed by atoms with van der Waals surface area (Å²) < 4.78 is 18.3. The Bertz CT molecular complexity index is 699. The van der Waals surface area contributed by atoms with E-state index in [0.717, 1.165) is 0 Å². The van der Waals surface area contributed by atoms with Gasteiger partial charge < -0.3 is 15.5 Å². The topological polar surface area (TPSA) is 114 Å². The molecule has 0 saturated heterocycles. The summed E-state index contributed by atoms with van der Waals surface area (Å²) in [4.78, 5) is 24.9. The van der Waals surface area contributed by atoms with Gasteiger partial charge in [-0.1, -0.05) is 0 Å². The van der Waals surface area contributed by atoms with Crippen LogP contribution in [-0.4, -0.2) is 24.4 Å². The molecule has 0 bridgehead atoms. The lowest BCUT2D eigenvalue weighted by Crippen LogP contribution is -2.31. The van der Waals surface area contributed by atoms with Crippen LogP contribution >= 0.6 is 0 Å². The molecule has 0 saturated carbocycles. The van der Waals surface area contributed by atoms with Crippen molar-refractivity contribution >= 4 is 18.1 Å². The number of ether oxygens (including phenoxy) is 1. The first-order valence-corrected chi connectivity index (χ1v) is 5.84. The van der Waals surface area contributed by atoms with Gasteiger partial charge in [-0.3, -0.25) is 9.59 Å². The zero-order chi connectivity index (χ0) is 15.6. The maximum atomic E-state index is 13.4. The third-order valence-corrected chi connectivity index (χ3v) is 2.90. The number of amides is 2. The number of hydrogen-bond acceptors (Lipinski definition) is 4. The van der Waals surface area contributed by atoms with Crippen molar-refractivity contribution in [3.63, 3.8) is 0 Å². The number of carbonyl (C=O) groups is 2. The molecule has 2 amide bonds. The van der Waals surface area contributed by atoms with Gasteiger partial charge in [-0.05, 0) is 24.3 Å². The van der Waals surface area contributed by atoms with E-state index in [9.17, 15) is 14.0 Å². The van der Waals surface area contributed by atoms with Crippen molar-refractivity contribution in [2.75, 3.05) is 12.1 Å². The fourth-order valence-corrected chi connectivity index (χ4v) is 1.87. The molecule has 0 unspecified atom stereocenters. The van der Waals surface area contributed by atoms with Gasteiger partial charge in [0.2, 0.25) is 6.41 Å². The van der Waals surface area contributed by atoms with Gasteiger partial charge in [-0.2, -0.15) is 0 Å². The monoisotopic (exact) mass is 292 g/mol. The third-order valence-electron chi connectivity index (χ3n) is 2.90. The highest BCUT2D eigenvalue weighted by molar-refractivity contribution is 6.01. The van der Waals surface area contributed by atoms with Crippen molar-refractivity contribution in [1.29, 1.82) is 0 Å². The van der Waals surface area contributed by atoms with Crippen LogP contribution in [-0.2, 0) is 4.79 Å². The maximum absolute atomic E-state index is 13.4. The van der Waals surface area contributed by atoms with Gasteiger partial charge >= 0.3 is 0 Å². The summed E-state index contributed by atoms with van der Waals surface area (Å²) >= 11 is 0. The Morgan fingerprint density at radius 2 is 2.14 bits per heavy atom. The molecule has 2 rings (SSSR count). The molecule has 0 aliphatic rings. The summed E-state index contributed by atoms with van der Waals surface area (Å²) in [5, 5.41) is 0.699. The van der Waals surface area contributed by atoms with Crippen LogP contribution in [0, 0.1) is 5.82 Å². The van der Waals surface area contributed by atoms with E-state index >= 15 is 0 Å². The van der Waals surface area contributed by atoms with Crippen LogP contribution in [0.4, 0.5) is 10.2 Å². The lowest BCUT2D eigenvalue weighted by Gasteiger charge is -2.09. The molecule has 0 aliphatic heterocycles. The molecule has 21 heavy (non-hydrogen) atoms. The fourth-order valence-electron chi connectivity index (χ4n) is 1.87. The molecule has 5 N–H and O–H groups in total. The molecule has 2 aromatic rings. The summed E-state index contributed by atoms with van der Waals surface area (Å²) in [7, 11) is 1.34. The molecule has 7 nitrogen and oxygen atoms in total. The quantitative estimate of drug-likeness (QED) is 0.327. The number of hydrazine groups is 1. The number of aromatic amines is 1. The SMILES string of the molecule is COc1cc(-c2cc(C(N)=O)c(N(N)C=O)[nH]2)ccc1F. The van der Waals surface area contributed by atoms with Gasteiger partial charge in [0.25, 0.3) is 5.91 Å². The smallest absolute Gasteiger partial charge is 0.252 e. The Balaban J connectivity index is 2.54. The van der Waals surface area contributed by atoms with E-state index < -0.39 is 11.7 Å². The minimum absolute atomic E-state index is 0.0443. The molecule has 110 valence electrons. The van der Waals surface area contributed by atoms with E-state index in [2.05, 4.69) is 4.98 Å². The average Bonchev–Trinajstić information content (AvgIpc) is 2.92. The van der Waals surface area contributed by atoms with Gasteiger partial charge in [0.15, 0.2) is 11.6 Å². The summed E-state index contributed by atoms with van der Waals surface area (Å²) in [6, 6.07) is 5.57. The molecule has 0 spiro atoms. The first-order valence-electron chi connectivity index (χ1n) is 5.84. The van der Waals surface area contributed by atoms with Crippen molar-refractivity contribution in [2.24, 2.45) is 11.6 Å². The van der Waals surface area contributed by atoms with Crippen molar-refractivity contribution < 1.29 is 18.7 Å². The molecule has 1 aromatic carbocycles. The summed E-state index contributed by atoms with van der Waals surface area (Å²) in [5.74, 6) is 4.28. The van der Waals surface area contributed by atoms with E-state index in [1.54, 1.807) is 0 Å². The Labute approximate surface area is 119 Å². The number of carbonyl (C=O) groups excluding carboxylic acids is 2. The molecule has 0 aliphatic carbocycles. The van der Waals surface area contributed by atoms with Crippen LogP contribution in [0.1, 0.15) is 10.4 Å². The molecule has 0 fully saturated rings. The van der Waals surface area contributed by atoms with Crippen molar-refractivity contribution in [3.8, 4) is 17.0 Å². The Morgan fingerprint density at radius 1 is 1.43 bits per heavy atom. The second-order valence-electron chi connectivity index (χ2n) is 4.17. The largest absolute Gasteiger partial charge is 0.494 e.